The maximum Gasteiger partial charge on any atom is 0.323 e. The van der Waals surface area contributed by atoms with Crippen LogP contribution in [0.1, 0.15) is 11.1 Å². The molecule has 0 bridgehead atoms. The lowest BCUT2D eigenvalue weighted by atomic mass is 10.1. The molecule has 0 radical (unpaired) electrons. The van der Waals surface area contributed by atoms with Gasteiger partial charge in [-0.25, -0.2) is 13.2 Å². The summed E-state index contributed by atoms with van der Waals surface area (Å²) in [5, 5.41) is 2.74. The first-order chi connectivity index (χ1) is 12.7. The third kappa shape index (κ3) is 3.93. The van der Waals surface area contributed by atoms with Crippen molar-refractivity contribution in [2.75, 3.05) is 18.9 Å². The quantitative estimate of drug-likeness (QED) is 0.617. The molecule has 2 aromatic carbocycles. The van der Waals surface area contributed by atoms with E-state index in [4.69, 9.17) is 0 Å². The highest BCUT2D eigenvalue weighted by Gasteiger charge is 2.23. The number of H-pyrrole nitrogens is 2. The third-order valence-corrected chi connectivity index (χ3v) is 6.03. The largest absolute Gasteiger partial charge is 0.325 e. The number of likely N-dealkylation sites (N-methyl/N-ethyl adjacent to an activating group) is 1. The first-order valence-corrected chi connectivity index (χ1v) is 9.66. The summed E-state index contributed by atoms with van der Waals surface area (Å²) in [5.41, 5.74) is 3.01. The van der Waals surface area contributed by atoms with E-state index in [-0.39, 0.29) is 11.4 Å². The fourth-order valence-electron chi connectivity index (χ4n) is 2.70. The molecular weight excluding hydrogens is 368 g/mol. The first kappa shape index (κ1) is 18.9. The van der Waals surface area contributed by atoms with E-state index in [9.17, 15) is 18.0 Å². The minimum Gasteiger partial charge on any atom is -0.325 e. The number of benzene rings is 2. The van der Waals surface area contributed by atoms with E-state index >= 15 is 0 Å². The second kappa shape index (κ2) is 7.01. The van der Waals surface area contributed by atoms with Crippen LogP contribution in [0.25, 0.3) is 11.0 Å². The Balaban J connectivity index is 1.78. The highest BCUT2D eigenvalue weighted by atomic mass is 32.2. The Morgan fingerprint density at radius 2 is 1.78 bits per heavy atom. The highest BCUT2D eigenvalue weighted by Crippen LogP contribution is 2.19. The number of carbonyl (C=O) groups is 1. The summed E-state index contributed by atoms with van der Waals surface area (Å²) >= 11 is 0. The number of nitrogens with zero attached hydrogens (tertiary/aromatic N) is 1. The van der Waals surface area contributed by atoms with Crippen molar-refractivity contribution in [1.29, 1.82) is 0 Å². The Hall–Kier alpha value is -2.91. The monoisotopic (exact) mass is 388 g/mol. The van der Waals surface area contributed by atoms with Gasteiger partial charge in [-0.15, -0.1) is 0 Å². The van der Waals surface area contributed by atoms with Crippen molar-refractivity contribution >= 4 is 32.7 Å². The van der Waals surface area contributed by atoms with Gasteiger partial charge in [0.05, 0.1) is 22.5 Å². The van der Waals surface area contributed by atoms with Crippen LogP contribution in [-0.2, 0) is 14.8 Å². The minimum atomic E-state index is -3.89. The molecule has 0 unspecified atom stereocenters. The van der Waals surface area contributed by atoms with Gasteiger partial charge in [-0.3, -0.25) is 4.79 Å². The summed E-state index contributed by atoms with van der Waals surface area (Å²) in [6.07, 6.45) is 0. The number of carbonyl (C=O) groups excluding carboxylic acids is 1. The van der Waals surface area contributed by atoms with Crippen LogP contribution < -0.4 is 11.0 Å². The molecule has 9 heteroatoms. The van der Waals surface area contributed by atoms with Crippen molar-refractivity contribution in [2.24, 2.45) is 0 Å². The Morgan fingerprint density at radius 3 is 2.52 bits per heavy atom. The molecule has 0 aliphatic rings. The van der Waals surface area contributed by atoms with E-state index in [1.165, 1.54) is 25.2 Å². The lowest BCUT2D eigenvalue weighted by molar-refractivity contribution is -0.116. The van der Waals surface area contributed by atoms with Crippen LogP contribution in [-0.4, -0.2) is 42.2 Å². The molecule has 0 atom stereocenters. The summed E-state index contributed by atoms with van der Waals surface area (Å²) in [6, 6.07) is 9.91. The van der Waals surface area contributed by atoms with Crippen molar-refractivity contribution < 1.29 is 13.2 Å². The van der Waals surface area contributed by atoms with Crippen LogP contribution in [0.5, 0.6) is 0 Å². The van der Waals surface area contributed by atoms with E-state index in [0.29, 0.717) is 16.7 Å². The van der Waals surface area contributed by atoms with Crippen molar-refractivity contribution in [2.45, 2.75) is 18.7 Å². The molecule has 0 fully saturated rings. The number of imidazole rings is 1. The predicted octanol–water partition coefficient (Wildman–Crippen LogP) is 1.73. The van der Waals surface area contributed by atoms with Crippen molar-refractivity contribution in [3.8, 4) is 0 Å². The smallest absolute Gasteiger partial charge is 0.323 e. The SMILES string of the molecule is Cc1ccc(C)c(NC(=O)CN(C)S(=O)(=O)c2ccc3[nH]c(=O)[nH]c3c2)c1. The van der Waals surface area contributed by atoms with Crippen molar-refractivity contribution in [3.05, 3.63) is 58.0 Å². The topological polar surface area (TPSA) is 115 Å². The number of aromatic nitrogens is 2. The Kier molecular flexibility index (Phi) is 4.90. The summed E-state index contributed by atoms with van der Waals surface area (Å²) in [4.78, 5) is 28.7. The van der Waals surface area contributed by atoms with Crippen LogP contribution in [0.4, 0.5) is 5.69 Å². The van der Waals surface area contributed by atoms with Gasteiger partial charge in [-0.05, 0) is 49.2 Å². The van der Waals surface area contributed by atoms with Gasteiger partial charge < -0.3 is 15.3 Å². The van der Waals surface area contributed by atoms with Gasteiger partial charge >= 0.3 is 5.69 Å². The molecule has 1 heterocycles. The summed E-state index contributed by atoms with van der Waals surface area (Å²) < 4.78 is 26.4. The molecule has 142 valence electrons. The second-order valence-electron chi connectivity index (χ2n) is 6.41. The molecule has 0 saturated heterocycles. The molecule has 0 saturated carbocycles. The number of nitrogens with one attached hydrogen (secondary N) is 3. The van der Waals surface area contributed by atoms with Gasteiger partial charge in [0.15, 0.2) is 0 Å². The first-order valence-electron chi connectivity index (χ1n) is 8.22. The van der Waals surface area contributed by atoms with Gasteiger partial charge in [0, 0.05) is 12.7 Å². The molecule has 0 aliphatic heterocycles. The number of fused-ring (bicyclic) bond motifs is 1. The van der Waals surface area contributed by atoms with Crippen LogP contribution >= 0.6 is 0 Å². The zero-order valence-corrected chi connectivity index (χ0v) is 16.0. The predicted molar refractivity (Wildman–Crippen MR) is 103 cm³/mol. The number of rotatable bonds is 5. The van der Waals surface area contributed by atoms with Gasteiger partial charge in [-0.2, -0.15) is 4.31 Å². The normalized spacial score (nSPS) is 11.9. The Labute approximate surface area is 156 Å². The molecule has 8 nitrogen and oxygen atoms in total. The number of aryl methyl sites for hydroxylation is 2. The maximum absolute atomic E-state index is 12.7. The molecule has 0 aliphatic carbocycles. The van der Waals surface area contributed by atoms with Crippen LogP contribution in [0.15, 0.2) is 46.1 Å². The molecular formula is C18H20N4O4S. The van der Waals surface area contributed by atoms with Crippen LogP contribution in [0.2, 0.25) is 0 Å². The molecule has 1 amide bonds. The molecule has 1 aromatic heterocycles. The van der Waals surface area contributed by atoms with E-state index < -0.39 is 21.6 Å². The minimum absolute atomic E-state index is 0.00714. The number of hydrogen-bond acceptors (Lipinski definition) is 4. The van der Waals surface area contributed by atoms with E-state index in [1.54, 1.807) is 0 Å². The van der Waals surface area contributed by atoms with Crippen molar-refractivity contribution in [1.82, 2.24) is 14.3 Å². The lowest BCUT2D eigenvalue weighted by Crippen LogP contribution is -2.35. The Morgan fingerprint density at radius 1 is 1.07 bits per heavy atom. The van der Waals surface area contributed by atoms with Crippen LogP contribution in [0.3, 0.4) is 0 Å². The number of anilines is 1. The molecule has 3 rings (SSSR count). The van der Waals surface area contributed by atoms with Gasteiger partial charge in [-0.1, -0.05) is 12.1 Å². The average molecular weight is 388 g/mol. The van der Waals surface area contributed by atoms with Crippen LogP contribution in [0, 0.1) is 13.8 Å². The summed E-state index contributed by atoms with van der Waals surface area (Å²) in [5.74, 6) is -0.439. The molecule has 3 N–H and O–H groups in total. The number of hydrogen-bond donors (Lipinski definition) is 3. The average Bonchev–Trinajstić information content (AvgIpc) is 2.97. The van der Waals surface area contributed by atoms with Gasteiger partial charge in [0.25, 0.3) is 0 Å². The third-order valence-electron chi connectivity index (χ3n) is 4.23. The molecule has 27 heavy (non-hydrogen) atoms. The fraction of sp³-hybridized carbons (Fsp3) is 0.222. The standard InChI is InChI=1S/C18H20N4O4S/c1-11-4-5-12(2)15(8-11)19-17(23)10-22(3)27(25,26)13-6-7-14-16(9-13)21-18(24)20-14/h4-9H,10H2,1-3H3,(H,19,23)(H2,20,21,24). The van der Waals surface area contributed by atoms with E-state index in [0.717, 1.165) is 15.4 Å². The zero-order chi connectivity index (χ0) is 19.8. The van der Waals surface area contributed by atoms with Crippen molar-refractivity contribution in [3.63, 3.8) is 0 Å². The van der Waals surface area contributed by atoms with Gasteiger partial charge in [0.1, 0.15) is 0 Å². The number of amides is 1. The lowest BCUT2D eigenvalue weighted by Gasteiger charge is -2.17. The van der Waals surface area contributed by atoms with Gasteiger partial charge in [0.2, 0.25) is 15.9 Å². The maximum atomic E-state index is 12.7. The molecule has 3 aromatic rings. The summed E-state index contributed by atoms with van der Waals surface area (Å²) in [7, 11) is -2.55. The summed E-state index contributed by atoms with van der Waals surface area (Å²) in [6.45, 7) is 3.44. The zero-order valence-electron chi connectivity index (χ0n) is 15.2. The van der Waals surface area contributed by atoms with E-state index in [1.807, 2.05) is 32.0 Å². The molecule has 0 spiro atoms. The highest BCUT2D eigenvalue weighted by molar-refractivity contribution is 7.89. The second-order valence-corrected chi connectivity index (χ2v) is 8.46. The number of aromatic amines is 2. The van der Waals surface area contributed by atoms with E-state index in [2.05, 4.69) is 15.3 Å². The fourth-order valence-corrected chi connectivity index (χ4v) is 3.85. The number of sulfonamides is 1. The Bertz CT molecular complexity index is 1180.